The fourth-order valence-corrected chi connectivity index (χ4v) is 2.73. The lowest BCUT2D eigenvalue weighted by atomic mass is 9.82. The predicted molar refractivity (Wildman–Crippen MR) is 82.9 cm³/mol. The molecule has 0 heterocycles. The summed E-state index contributed by atoms with van der Waals surface area (Å²) in [6, 6.07) is 0. The van der Waals surface area contributed by atoms with Crippen molar-refractivity contribution in [3.8, 4) is 0 Å². The molecule has 1 aliphatic carbocycles. The summed E-state index contributed by atoms with van der Waals surface area (Å²) in [5.41, 5.74) is -0.420. The highest BCUT2D eigenvalue weighted by Crippen LogP contribution is 2.27. The summed E-state index contributed by atoms with van der Waals surface area (Å²) >= 11 is 0. The molecule has 20 heavy (non-hydrogen) atoms. The molecule has 1 fully saturated rings. The maximum Gasteiger partial charge on any atom is 0.410 e. The second-order valence-corrected chi connectivity index (χ2v) is 7.24. The normalized spacial score (nSPS) is 23.4. The maximum atomic E-state index is 11.8. The number of nitrogens with one attached hydrogen (secondary N) is 1. The average molecular weight is 284 g/mol. The fourth-order valence-electron chi connectivity index (χ4n) is 2.73. The molecule has 0 radical (unpaired) electrons. The number of nitrogens with zero attached hydrogens (tertiary/aromatic N) is 1. The van der Waals surface area contributed by atoms with Gasteiger partial charge in [0.1, 0.15) is 5.60 Å². The Bertz CT molecular complexity index is 299. The molecule has 1 saturated carbocycles. The van der Waals surface area contributed by atoms with E-state index in [0.29, 0.717) is 6.54 Å². The highest BCUT2D eigenvalue weighted by atomic mass is 16.6. The third-order valence-corrected chi connectivity index (χ3v) is 3.81. The van der Waals surface area contributed by atoms with Gasteiger partial charge in [-0.15, -0.1) is 0 Å². The van der Waals surface area contributed by atoms with Crippen LogP contribution in [0.2, 0.25) is 0 Å². The number of rotatable bonds is 5. The van der Waals surface area contributed by atoms with E-state index in [1.807, 2.05) is 20.8 Å². The summed E-state index contributed by atoms with van der Waals surface area (Å²) in [6.45, 7) is 10.6. The number of ether oxygens (including phenoxy) is 1. The Balaban J connectivity index is 2.12. The van der Waals surface area contributed by atoms with Crippen molar-refractivity contribution in [3.05, 3.63) is 0 Å². The van der Waals surface area contributed by atoms with Crippen LogP contribution in [0, 0.1) is 11.8 Å². The first-order valence-corrected chi connectivity index (χ1v) is 7.93. The second kappa shape index (κ2) is 7.87. The van der Waals surface area contributed by atoms with Crippen molar-refractivity contribution in [1.82, 2.24) is 10.2 Å². The quantitative estimate of drug-likeness (QED) is 0.788. The van der Waals surface area contributed by atoms with Gasteiger partial charge in [-0.05, 0) is 52.0 Å². The van der Waals surface area contributed by atoms with Crippen LogP contribution >= 0.6 is 0 Å². The number of likely N-dealkylation sites (N-methyl/N-ethyl adjacent to an activating group) is 1. The third-order valence-electron chi connectivity index (χ3n) is 3.81. The third kappa shape index (κ3) is 7.13. The Morgan fingerprint density at radius 1 is 1.35 bits per heavy atom. The monoisotopic (exact) mass is 284 g/mol. The summed E-state index contributed by atoms with van der Waals surface area (Å²) in [4.78, 5) is 13.4. The Labute approximate surface area is 124 Å². The number of carbonyl (C=O) groups excluding carboxylic acids is 1. The molecule has 0 bridgehead atoms. The average Bonchev–Trinajstić information content (AvgIpc) is 2.32. The molecule has 2 unspecified atom stereocenters. The Morgan fingerprint density at radius 3 is 2.65 bits per heavy atom. The van der Waals surface area contributed by atoms with E-state index in [-0.39, 0.29) is 6.09 Å². The van der Waals surface area contributed by atoms with Gasteiger partial charge < -0.3 is 15.0 Å². The molecule has 2 atom stereocenters. The molecule has 1 rings (SSSR count). The van der Waals surface area contributed by atoms with Crippen molar-refractivity contribution in [2.75, 3.05) is 26.7 Å². The van der Waals surface area contributed by atoms with Crippen LogP contribution in [0.25, 0.3) is 0 Å². The van der Waals surface area contributed by atoms with Gasteiger partial charge in [0.05, 0.1) is 0 Å². The largest absolute Gasteiger partial charge is 0.444 e. The van der Waals surface area contributed by atoms with Crippen LogP contribution in [0.5, 0.6) is 0 Å². The number of amides is 1. The topological polar surface area (TPSA) is 41.6 Å². The maximum absolute atomic E-state index is 11.8. The van der Waals surface area contributed by atoms with Gasteiger partial charge in [0, 0.05) is 20.1 Å². The van der Waals surface area contributed by atoms with Crippen LogP contribution in [-0.4, -0.2) is 43.3 Å². The molecule has 0 saturated heterocycles. The van der Waals surface area contributed by atoms with Crippen LogP contribution in [0.4, 0.5) is 4.79 Å². The molecule has 0 aromatic heterocycles. The van der Waals surface area contributed by atoms with Crippen molar-refractivity contribution in [2.24, 2.45) is 11.8 Å². The Morgan fingerprint density at radius 2 is 2.05 bits per heavy atom. The highest BCUT2D eigenvalue weighted by Gasteiger charge is 2.20. The minimum absolute atomic E-state index is 0.245. The lowest BCUT2D eigenvalue weighted by Gasteiger charge is -2.27. The number of carbonyl (C=O) groups is 1. The molecular weight excluding hydrogens is 252 g/mol. The van der Waals surface area contributed by atoms with Crippen molar-refractivity contribution in [1.29, 1.82) is 0 Å². The van der Waals surface area contributed by atoms with Gasteiger partial charge in [-0.3, -0.25) is 0 Å². The Kier molecular flexibility index (Phi) is 6.80. The molecule has 4 nitrogen and oxygen atoms in total. The molecule has 4 heteroatoms. The van der Waals surface area contributed by atoms with Crippen molar-refractivity contribution in [2.45, 2.75) is 59.0 Å². The van der Waals surface area contributed by atoms with E-state index < -0.39 is 5.60 Å². The SMILES string of the molecule is CC1CCCC(CNCCN(C)C(=O)OC(C)(C)C)C1. The van der Waals surface area contributed by atoms with E-state index in [0.717, 1.165) is 24.9 Å². The molecule has 1 amide bonds. The van der Waals surface area contributed by atoms with Crippen LogP contribution in [0.3, 0.4) is 0 Å². The number of hydrogen-bond acceptors (Lipinski definition) is 3. The lowest BCUT2D eigenvalue weighted by molar-refractivity contribution is 0.0300. The van der Waals surface area contributed by atoms with Gasteiger partial charge in [0.2, 0.25) is 0 Å². The van der Waals surface area contributed by atoms with E-state index in [2.05, 4.69) is 12.2 Å². The summed E-state index contributed by atoms with van der Waals surface area (Å²) in [6.07, 6.45) is 5.20. The fraction of sp³-hybridized carbons (Fsp3) is 0.938. The van der Waals surface area contributed by atoms with Crippen molar-refractivity contribution >= 4 is 6.09 Å². The molecule has 118 valence electrons. The lowest BCUT2D eigenvalue weighted by Crippen LogP contribution is -2.39. The minimum atomic E-state index is -0.420. The van der Waals surface area contributed by atoms with Crippen LogP contribution in [0.1, 0.15) is 53.4 Å². The molecule has 0 spiro atoms. The smallest absolute Gasteiger partial charge is 0.410 e. The molecule has 1 N–H and O–H groups in total. The molecule has 0 aromatic rings. The predicted octanol–water partition coefficient (Wildman–Crippen LogP) is 3.27. The van der Waals surface area contributed by atoms with E-state index in [1.54, 1.807) is 11.9 Å². The van der Waals surface area contributed by atoms with Crippen molar-refractivity contribution in [3.63, 3.8) is 0 Å². The van der Waals surface area contributed by atoms with Crippen LogP contribution < -0.4 is 5.32 Å². The molecule has 1 aliphatic rings. The summed E-state index contributed by atoms with van der Waals surface area (Å²) in [5, 5.41) is 3.47. The van der Waals surface area contributed by atoms with Crippen molar-refractivity contribution < 1.29 is 9.53 Å². The molecular formula is C16H32N2O2. The van der Waals surface area contributed by atoms with Gasteiger partial charge >= 0.3 is 6.09 Å². The van der Waals surface area contributed by atoms with Gasteiger partial charge in [0.25, 0.3) is 0 Å². The van der Waals surface area contributed by atoms with E-state index >= 15 is 0 Å². The van der Waals surface area contributed by atoms with E-state index in [4.69, 9.17) is 4.74 Å². The van der Waals surface area contributed by atoms with Gasteiger partial charge in [0.15, 0.2) is 0 Å². The van der Waals surface area contributed by atoms with Crippen LogP contribution in [-0.2, 0) is 4.74 Å². The first kappa shape index (κ1) is 17.3. The first-order valence-electron chi connectivity index (χ1n) is 7.93. The molecule has 0 aromatic carbocycles. The summed E-state index contributed by atoms with van der Waals surface area (Å²) in [5.74, 6) is 1.69. The molecule has 0 aliphatic heterocycles. The van der Waals surface area contributed by atoms with Crippen LogP contribution in [0.15, 0.2) is 0 Å². The second-order valence-electron chi connectivity index (χ2n) is 7.24. The summed E-state index contributed by atoms with van der Waals surface area (Å²) in [7, 11) is 1.79. The standard InChI is InChI=1S/C16H32N2O2/c1-13-7-6-8-14(11-13)12-17-9-10-18(5)15(19)20-16(2,3)4/h13-14,17H,6-12H2,1-5H3. The van der Waals surface area contributed by atoms with Gasteiger partial charge in [-0.1, -0.05) is 19.8 Å². The Hall–Kier alpha value is -0.770. The first-order chi connectivity index (χ1) is 9.28. The number of hydrogen-bond donors (Lipinski definition) is 1. The van der Waals surface area contributed by atoms with Gasteiger partial charge in [-0.2, -0.15) is 0 Å². The summed E-state index contributed by atoms with van der Waals surface area (Å²) < 4.78 is 5.32. The van der Waals surface area contributed by atoms with E-state index in [9.17, 15) is 4.79 Å². The zero-order chi connectivity index (χ0) is 15.2. The van der Waals surface area contributed by atoms with E-state index in [1.165, 1.54) is 25.7 Å². The minimum Gasteiger partial charge on any atom is -0.444 e. The highest BCUT2D eigenvalue weighted by molar-refractivity contribution is 5.67. The zero-order valence-corrected chi connectivity index (χ0v) is 13.9. The van der Waals surface area contributed by atoms with Gasteiger partial charge in [-0.25, -0.2) is 4.79 Å². The zero-order valence-electron chi connectivity index (χ0n) is 13.9.